The predicted octanol–water partition coefficient (Wildman–Crippen LogP) is 3.28. The predicted molar refractivity (Wildman–Crippen MR) is 83.9 cm³/mol. The molecular weight excluding hydrogens is 266 g/mol. The standard InChI is InChI=1S/C16H31N3O2/c1-11(2)20-10-16(7,17)14-18-13(21-19-14)8-12(3)9-15(4,5)6/h11-12H,8-10,17H2,1-7H3. The van der Waals surface area contributed by atoms with Crippen molar-refractivity contribution in [2.45, 2.75) is 73.0 Å². The van der Waals surface area contributed by atoms with Gasteiger partial charge in [-0.05, 0) is 38.5 Å². The Morgan fingerprint density at radius 2 is 1.81 bits per heavy atom. The molecule has 2 N–H and O–H groups in total. The first kappa shape index (κ1) is 18.1. The highest BCUT2D eigenvalue weighted by Crippen LogP contribution is 2.26. The molecule has 5 nitrogen and oxygen atoms in total. The van der Waals surface area contributed by atoms with Crippen LogP contribution in [0.15, 0.2) is 4.52 Å². The van der Waals surface area contributed by atoms with Gasteiger partial charge in [-0.15, -0.1) is 0 Å². The highest BCUT2D eigenvalue weighted by molar-refractivity contribution is 5.02. The zero-order valence-electron chi connectivity index (χ0n) is 14.6. The summed E-state index contributed by atoms with van der Waals surface area (Å²) in [5.74, 6) is 1.67. The summed E-state index contributed by atoms with van der Waals surface area (Å²) in [6.07, 6.45) is 2.03. The van der Waals surface area contributed by atoms with Crippen LogP contribution in [0.1, 0.15) is 66.6 Å². The summed E-state index contributed by atoms with van der Waals surface area (Å²) in [7, 11) is 0. The molecule has 0 fully saturated rings. The number of aromatic nitrogens is 2. The molecule has 0 aliphatic rings. The van der Waals surface area contributed by atoms with Crippen LogP contribution in [0.25, 0.3) is 0 Å². The van der Waals surface area contributed by atoms with E-state index in [2.05, 4.69) is 37.8 Å². The van der Waals surface area contributed by atoms with Crippen LogP contribution >= 0.6 is 0 Å². The molecule has 1 aromatic rings. The van der Waals surface area contributed by atoms with E-state index in [9.17, 15) is 0 Å². The zero-order chi connectivity index (χ0) is 16.3. The van der Waals surface area contributed by atoms with Crippen molar-refractivity contribution in [3.8, 4) is 0 Å². The highest BCUT2D eigenvalue weighted by Gasteiger charge is 2.29. The first-order valence-electron chi connectivity index (χ1n) is 7.73. The second kappa shape index (κ2) is 6.88. The molecular formula is C16H31N3O2. The van der Waals surface area contributed by atoms with Gasteiger partial charge in [-0.1, -0.05) is 32.9 Å². The highest BCUT2D eigenvalue weighted by atomic mass is 16.5. The molecule has 1 rings (SSSR count). The minimum Gasteiger partial charge on any atom is -0.376 e. The summed E-state index contributed by atoms with van der Waals surface area (Å²) in [5.41, 5.74) is 5.80. The van der Waals surface area contributed by atoms with Crippen LogP contribution in [-0.4, -0.2) is 22.9 Å². The second-order valence-corrected chi connectivity index (χ2v) is 7.86. The number of nitrogens with zero attached hydrogens (tertiary/aromatic N) is 2. The minimum absolute atomic E-state index is 0.131. The molecule has 0 bridgehead atoms. The van der Waals surface area contributed by atoms with Gasteiger partial charge in [0.05, 0.1) is 12.7 Å². The van der Waals surface area contributed by atoms with Crippen molar-refractivity contribution >= 4 is 0 Å². The van der Waals surface area contributed by atoms with E-state index in [1.165, 1.54) is 0 Å². The van der Waals surface area contributed by atoms with Crippen molar-refractivity contribution in [3.63, 3.8) is 0 Å². The second-order valence-electron chi connectivity index (χ2n) is 7.86. The van der Waals surface area contributed by atoms with Gasteiger partial charge in [0, 0.05) is 6.42 Å². The van der Waals surface area contributed by atoms with Crippen molar-refractivity contribution < 1.29 is 9.26 Å². The molecule has 0 aromatic carbocycles. The Morgan fingerprint density at radius 1 is 1.19 bits per heavy atom. The molecule has 1 aromatic heterocycles. The van der Waals surface area contributed by atoms with Gasteiger partial charge >= 0.3 is 0 Å². The average Bonchev–Trinajstić information content (AvgIpc) is 2.73. The van der Waals surface area contributed by atoms with E-state index in [0.29, 0.717) is 29.7 Å². The number of hydrogen-bond acceptors (Lipinski definition) is 5. The first-order chi connectivity index (χ1) is 9.49. The van der Waals surface area contributed by atoms with E-state index in [0.717, 1.165) is 12.8 Å². The summed E-state index contributed by atoms with van der Waals surface area (Å²) < 4.78 is 10.9. The van der Waals surface area contributed by atoms with E-state index in [1.807, 2.05) is 20.8 Å². The van der Waals surface area contributed by atoms with Gasteiger partial charge in [-0.3, -0.25) is 0 Å². The van der Waals surface area contributed by atoms with Gasteiger partial charge in [-0.2, -0.15) is 4.98 Å². The molecule has 5 heteroatoms. The molecule has 0 spiro atoms. The Hall–Kier alpha value is -0.940. The van der Waals surface area contributed by atoms with E-state index in [1.54, 1.807) is 0 Å². The molecule has 122 valence electrons. The monoisotopic (exact) mass is 297 g/mol. The first-order valence-corrected chi connectivity index (χ1v) is 7.73. The third-order valence-corrected chi connectivity index (χ3v) is 3.18. The van der Waals surface area contributed by atoms with Gasteiger partial charge in [0.1, 0.15) is 5.54 Å². The van der Waals surface area contributed by atoms with Gasteiger partial charge < -0.3 is 15.0 Å². The lowest BCUT2D eigenvalue weighted by atomic mass is 9.84. The fourth-order valence-electron chi connectivity index (χ4n) is 2.39. The Kier molecular flexibility index (Phi) is 5.93. The number of ether oxygens (including phenoxy) is 1. The van der Waals surface area contributed by atoms with Crippen LogP contribution < -0.4 is 5.73 Å². The maximum Gasteiger partial charge on any atom is 0.226 e. The molecule has 0 saturated heterocycles. The fourth-order valence-corrected chi connectivity index (χ4v) is 2.39. The molecule has 2 atom stereocenters. The van der Waals surface area contributed by atoms with Crippen LogP contribution in [0.3, 0.4) is 0 Å². The third kappa shape index (κ3) is 6.57. The van der Waals surface area contributed by atoms with Gasteiger partial charge in [0.15, 0.2) is 5.82 Å². The van der Waals surface area contributed by atoms with Gasteiger partial charge in [0.2, 0.25) is 5.89 Å². The van der Waals surface area contributed by atoms with Crippen LogP contribution in [0.2, 0.25) is 0 Å². The van der Waals surface area contributed by atoms with E-state index >= 15 is 0 Å². The maximum absolute atomic E-state index is 6.22. The number of nitrogens with two attached hydrogens (primary N) is 1. The van der Waals surface area contributed by atoms with E-state index in [-0.39, 0.29) is 6.10 Å². The lowest BCUT2D eigenvalue weighted by Crippen LogP contribution is -2.40. The van der Waals surface area contributed by atoms with Crippen molar-refractivity contribution in [3.05, 3.63) is 11.7 Å². The zero-order valence-corrected chi connectivity index (χ0v) is 14.6. The summed E-state index contributed by atoms with van der Waals surface area (Å²) in [6.45, 7) is 15.1. The molecule has 0 aliphatic carbocycles. The Labute approximate surface area is 128 Å². The largest absolute Gasteiger partial charge is 0.376 e. The fraction of sp³-hybridized carbons (Fsp3) is 0.875. The molecule has 21 heavy (non-hydrogen) atoms. The van der Waals surface area contributed by atoms with Crippen molar-refractivity contribution in [1.82, 2.24) is 10.1 Å². The molecule has 0 radical (unpaired) electrons. The van der Waals surface area contributed by atoms with Crippen molar-refractivity contribution in [2.24, 2.45) is 17.1 Å². The van der Waals surface area contributed by atoms with Crippen LogP contribution in [0.4, 0.5) is 0 Å². The van der Waals surface area contributed by atoms with E-state index in [4.69, 9.17) is 15.0 Å². The minimum atomic E-state index is -0.723. The molecule has 0 aliphatic heterocycles. The maximum atomic E-state index is 6.22. The van der Waals surface area contributed by atoms with Crippen molar-refractivity contribution in [2.75, 3.05) is 6.61 Å². The lowest BCUT2D eigenvalue weighted by Gasteiger charge is -2.22. The lowest BCUT2D eigenvalue weighted by molar-refractivity contribution is 0.0410. The summed E-state index contributed by atoms with van der Waals surface area (Å²) in [5, 5.41) is 4.02. The Balaban J connectivity index is 2.64. The van der Waals surface area contributed by atoms with Gasteiger partial charge in [0.25, 0.3) is 0 Å². The molecule has 2 unspecified atom stereocenters. The number of hydrogen-bond donors (Lipinski definition) is 1. The number of rotatable bonds is 7. The quantitative estimate of drug-likeness (QED) is 0.836. The molecule has 1 heterocycles. The SMILES string of the molecule is CC(Cc1nc(C(C)(N)COC(C)C)no1)CC(C)(C)C. The normalized spacial score (nSPS) is 17.0. The smallest absolute Gasteiger partial charge is 0.226 e. The van der Waals surface area contributed by atoms with Crippen molar-refractivity contribution in [1.29, 1.82) is 0 Å². The Morgan fingerprint density at radius 3 is 2.33 bits per heavy atom. The molecule has 0 amide bonds. The average molecular weight is 297 g/mol. The van der Waals surface area contributed by atoms with E-state index < -0.39 is 5.54 Å². The van der Waals surface area contributed by atoms with Crippen LogP contribution in [0, 0.1) is 11.3 Å². The topological polar surface area (TPSA) is 74.2 Å². The summed E-state index contributed by atoms with van der Waals surface area (Å²) in [4.78, 5) is 4.45. The molecule has 0 saturated carbocycles. The third-order valence-electron chi connectivity index (χ3n) is 3.18. The summed E-state index contributed by atoms with van der Waals surface area (Å²) in [6, 6.07) is 0. The van der Waals surface area contributed by atoms with Gasteiger partial charge in [-0.25, -0.2) is 0 Å². The van der Waals surface area contributed by atoms with Crippen LogP contribution in [-0.2, 0) is 16.7 Å². The van der Waals surface area contributed by atoms with Crippen LogP contribution in [0.5, 0.6) is 0 Å². The Bertz CT molecular complexity index is 433. The summed E-state index contributed by atoms with van der Waals surface area (Å²) >= 11 is 0.